The van der Waals surface area contributed by atoms with Crippen molar-refractivity contribution in [1.82, 2.24) is 15.5 Å². The van der Waals surface area contributed by atoms with Crippen molar-refractivity contribution in [1.29, 1.82) is 0 Å². The molecule has 1 aliphatic rings. The Morgan fingerprint density at radius 3 is 2.65 bits per heavy atom. The minimum Gasteiger partial charge on any atom is -0.355 e. The molecule has 1 aromatic carbocycles. The van der Waals surface area contributed by atoms with Gasteiger partial charge in [0, 0.05) is 35.0 Å². The molecule has 1 heterocycles. The van der Waals surface area contributed by atoms with Crippen LogP contribution in [-0.2, 0) is 9.59 Å². The highest BCUT2D eigenvalue weighted by Crippen LogP contribution is 2.25. The molecule has 0 spiro atoms. The van der Waals surface area contributed by atoms with Gasteiger partial charge in [-0.1, -0.05) is 22.9 Å². The Labute approximate surface area is 168 Å². The number of aryl methyl sites for hydroxylation is 1. The van der Waals surface area contributed by atoms with E-state index in [0.717, 1.165) is 48.3 Å². The first-order valence-electron chi connectivity index (χ1n) is 9.15. The minimum absolute atomic E-state index is 0.0801. The molecule has 0 unspecified atom stereocenters. The van der Waals surface area contributed by atoms with Gasteiger partial charge in [0.1, 0.15) is 0 Å². The quantitative estimate of drug-likeness (QED) is 0.608. The second-order valence-corrected chi connectivity index (χ2v) is 8.60. The second kappa shape index (κ2) is 10.9. The molecule has 0 aromatic heterocycles. The molecular weight excluding hydrogens is 414 g/mol. The molecule has 0 bridgehead atoms. The maximum Gasteiger partial charge on any atom is 0.234 e. The first-order valence-corrected chi connectivity index (χ1v) is 10.9. The van der Waals surface area contributed by atoms with Crippen molar-refractivity contribution in [3.8, 4) is 0 Å². The zero-order chi connectivity index (χ0) is 18.9. The molecule has 0 radical (unpaired) electrons. The van der Waals surface area contributed by atoms with Crippen molar-refractivity contribution in [2.75, 3.05) is 31.9 Å². The fraction of sp³-hybridized carbons (Fsp3) is 0.579. The van der Waals surface area contributed by atoms with Gasteiger partial charge in [-0.25, -0.2) is 0 Å². The summed E-state index contributed by atoms with van der Waals surface area (Å²) in [6, 6.07) is 6.31. The molecule has 7 heteroatoms. The normalized spacial score (nSPS) is 15.7. The third kappa shape index (κ3) is 7.29. The van der Waals surface area contributed by atoms with Crippen LogP contribution < -0.4 is 10.6 Å². The average molecular weight is 442 g/mol. The lowest BCUT2D eigenvalue weighted by atomic mass is 10.1. The average Bonchev–Trinajstić information content (AvgIpc) is 2.61. The summed E-state index contributed by atoms with van der Waals surface area (Å²) >= 11 is 5.03. The number of rotatable bonds is 8. The van der Waals surface area contributed by atoms with Crippen molar-refractivity contribution in [3.05, 3.63) is 28.2 Å². The van der Waals surface area contributed by atoms with Crippen molar-refractivity contribution < 1.29 is 9.59 Å². The number of thioether (sulfide) groups is 1. The van der Waals surface area contributed by atoms with Crippen molar-refractivity contribution in [2.24, 2.45) is 0 Å². The van der Waals surface area contributed by atoms with E-state index in [2.05, 4.69) is 44.5 Å². The fourth-order valence-corrected chi connectivity index (χ4v) is 4.24. The molecule has 5 nitrogen and oxygen atoms in total. The summed E-state index contributed by atoms with van der Waals surface area (Å²) in [5.41, 5.74) is 1.17. The van der Waals surface area contributed by atoms with E-state index < -0.39 is 0 Å². The number of hydrogen-bond acceptors (Lipinski definition) is 4. The predicted octanol–water partition coefficient (Wildman–Crippen LogP) is 2.96. The van der Waals surface area contributed by atoms with Crippen LogP contribution in [-0.4, -0.2) is 54.7 Å². The molecule has 1 aromatic rings. The molecule has 0 atom stereocenters. The summed E-state index contributed by atoms with van der Waals surface area (Å²) < 4.78 is 1.05. The SMILES string of the molecule is CCCNC(=O)CN1CCC(NC(=O)CSc2ccc(Br)cc2C)CC1. The lowest BCUT2D eigenvalue weighted by Gasteiger charge is -2.31. The number of likely N-dealkylation sites (tertiary alicyclic amines) is 1. The molecule has 2 rings (SSSR count). The second-order valence-electron chi connectivity index (χ2n) is 6.67. The highest BCUT2D eigenvalue weighted by atomic mass is 79.9. The largest absolute Gasteiger partial charge is 0.355 e. The number of nitrogens with zero attached hydrogens (tertiary/aromatic N) is 1. The van der Waals surface area contributed by atoms with E-state index >= 15 is 0 Å². The van der Waals surface area contributed by atoms with Gasteiger partial charge in [-0.15, -0.1) is 11.8 Å². The van der Waals surface area contributed by atoms with Crippen molar-refractivity contribution in [3.63, 3.8) is 0 Å². The first-order chi connectivity index (χ1) is 12.5. The van der Waals surface area contributed by atoms with Gasteiger partial charge in [-0.3, -0.25) is 14.5 Å². The van der Waals surface area contributed by atoms with E-state index in [1.807, 2.05) is 19.1 Å². The van der Waals surface area contributed by atoms with Crippen LogP contribution in [0.2, 0.25) is 0 Å². The topological polar surface area (TPSA) is 61.4 Å². The van der Waals surface area contributed by atoms with E-state index in [1.54, 1.807) is 11.8 Å². The van der Waals surface area contributed by atoms with Crippen LogP contribution in [0.25, 0.3) is 0 Å². The predicted molar refractivity (Wildman–Crippen MR) is 111 cm³/mol. The molecule has 144 valence electrons. The van der Waals surface area contributed by atoms with Gasteiger partial charge in [0.15, 0.2) is 0 Å². The molecule has 0 saturated carbocycles. The van der Waals surface area contributed by atoms with Crippen LogP contribution in [0.1, 0.15) is 31.7 Å². The van der Waals surface area contributed by atoms with Gasteiger partial charge >= 0.3 is 0 Å². The number of amides is 2. The summed E-state index contributed by atoms with van der Waals surface area (Å²) in [6.07, 6.45) is 2.75. The molecule has 26 heavy (non-hydrogen) atoms. The lowest BCUT2D eigenvalue weighted by molar-refractivity contribution is -0.123. The van der Waals surface area contributed by atoms with Crippen LogP contribution in [0.5, 0.6) is 0 Å². The summed E-state index contributed by atoms with van der Waals surface area (Å²) in [5.74, 6) is 0.606. The lowest BCUT2D eigenvalue weighted by Crippen LogP contribution is -2.47. The van der Waals surface area contributed by atoms with E-state index in [1.165, 1.54) is 5.56 Å². The molecule has 1 fully saturated rings. The maximum atomic E-state index is 12.2. The molecule has 1 saturated heterocycles. The first kappa shape index (κ1) is 21.3. The van der Waals surface area contributed by atoms with E-state index in [9.17, 15) is 9.59 Å². The summed E-state index contributed by atoms with van der Waals surface area (Å²) in [5, 5.41) is 6.04. The molecule has 2 N–H and O–H groups in total. The third-order valence-corrected chi connectivity index (χ3v) is 6.06. The highest BCUT2D eigenvalue weighted by Gasteiger charge is 2.22. The zero-order valence-electron chi connectivity index (χ0n) is 15.5. The van der Waals surface area contributed by atoms with Gasteiger partial charge in [0.05, 0.1) is 12.3 Å². The Kier molecular flexibility index (Phi) is 8.95. The number of hydrogen-bond donors (Lipinski definition) is 2. The monoisotopic (exact) mass is 441 g/mol. The fourth-order valence-electron chi connectivity index (χ4n) is 2.95. The zero-order valence-corrected chi connectivity index (χ0v) is 17.9. The summed E-state index contributed by atoms with van der Waals surface area (Å²) in [6.45, 7) is 7.00. The molecule has 1 aliphatic heterocycles. The Balaban J connectivity index is 1.67. The van der Waals surface area contributed by atoms with E-state index in [-0.39, 0.29) is 17.9 Å². The van der Waals surface area contributed by atoms with Crippen molar-refractivity contribution >= 4 is 39.5 Å². The van der Waals surface area contributed by atoms with E-state index in [4.69, 9.17) is 0 Å². The van der Waals surface area contributed by atoms with Gasteiger partial charge in [0.25, 0.3) is 0 Å². The van der Waals surface area contributed by atoms with Gasteiger partial charge in [-0.05, 0) is 49.9 Å². The maximum absolute atomic E-state index is 12.2. The van der Waals surface area contributed by atoms with Gasteiger partial charge in [-0.2, -0.15) is 0 Å². The third-order valence-electron chi connectivity index (χ3n) is 4.39. The van der Waals surface area contributed by atoms with E-state index in [0.29, 0.717) is 12.3 Å². The number of piperidine rings is 1. The Bertz CT molecular complexity index is 619. The van der Waals surface area contributed by atoms with Crippen molar-refractivity contribution in [2.45, 2.75) is 44.0 Å². The van der Waals surface area contributed by atoms with Gasteiger partial charge < -0.3 is 10.6 Å². The van der Waals surface area contributed by atoms with Crippen LogP contribution in [0, 0.1) is 6.92 Å². The summed E-state index contributed by atoms with van der Waals surface area (Å²) in [7, 11) is 0. The Morgan fingerprint density at radius 1 is 1.27 bits per heavy atom. The summed E-state index contributed by atoms with van der Waals surface area (Å²) in [4.78, 5) is 27.3. The van der Waals surface area contributed by atoms with Crippen LogP contribution in [0.4, 0.5) is 0 Å². The molecule has 2 amide bonds. The number of nitrogens with one attached hydrogen (secondary N) is 2. The highest BCUT2D eigenvalue weighted by molar-refractivity contribution is 9.10. The Hall–Kier alpha value is -1.05. The number of benzene rings is 1. The smallest absolute Gasteiger partial charge is 0.234 e. The van der Waals surface area contributed by atoms with Crippen LogP contribution in [0.15, 0.2) is 27.6 Å². The molecular formula is C19H28BrN3O2S. The van der Waals surface area contributed by atoms with Crippen LogP contribution >= 0.6 is 27.7 Å². The number of halogens is 1. The molecule has 0 aliphatic carbocycles. The standard InChI is InChI=1S/C19H28BrN3O2S/c1-3-8-21-18(24)12-23-9-6-16(7-10-23)22-19(25)13-26-17-5-4-15(20)11-14(17)2/h4-5,11,16H,3,6-10,12-13H2,1-2H3,(H,21,24)(H,22,25). The minimum atomic E-state index is 0.0801. The Morgan fingerprint density at radius 2 is 2.00 bits per heavy atom. The number of carbonyl (C=O) groups is 2. The van der Waals surface area contributed by atoms with Crippen LogP contribution in [0.3, 0.4) is 0 Å². The van der Waals surface area contributed by atoms with Gasteiger partial charge in [0.2, 0.25) is 11.8 Å². The number of carbonyl (C=O) groups excluding carboxylic acids is 2.